The van der Waals surface area contributed by atoms with Crippen LogP contribution in [0.1, 0.15) is 30.0 Å². The topological polar surface area (TPSA) is 55.3 Å². The Hall–Kier alpha value is -1.65. The Kier molecular flexibility index (Phi) is 4.35. The van der Waals surface area contributed by atoms with Crippen LogP contribution < -0.4 is 5.73 Å². The van der Waals surface area contributed by atoms with Gasteiger partial charge in [-0.05, 0) is 26.5 Å². The summed E-state index contributed by atoms with van der Waals surface area (Å²) in [6, 6.07) is 12.5. The third-order valence-electron chi connectivity index (χ3n) is 3.20. The third-order valence-corrected chi connectivity index (χ3v) is 3.20. The van der Waals surface area contributed by atoms with Gasteiger partial charge in [0.05, 0.1) is 5.69 Å². The van der Waals surface area contributed by atoms with Gasteiger partial charge in [0.1, 0.15) is 5.76 Å². The van der Waals surface area contributed by atoms with Crippen LogP contribution >= 0.6 is 0 Å². The number of nitrogens with two attached hydrogens (primary N) is 1. The molecule has 4 nitrogen and oxygen atoms in total. The second-order valence-electron chi connectivity index (χ2n) is 5.06. The Morgan fingerprint density at radius 3 is 2.53 bits per heavy atom. The van der Waals surface area contributed by atoms with Crippen molar-refractivity contribution < 1.29 is 4.52 Å². The smallest absolute Gasteiger partial charge is 0.133 e. The number of rotatable bonds is 5. The third kappa shape index (κ3) is 3.43. The van der Waals surface area contributed by atoms with Gasteiger partial charge in [0.15, 0.2) is 0 Å². The molecule has 0 radical (unpaired) electrons. The van der Waals surface area contributed by atoms with Crippen LogP contribution in [-0.2, 0) is 6.54 Å². The average Bonchev–Trinajstić information content (AvgIpc) is 2.75. The van der Waals surface area contributed by atoms with Crippen LogP contribution in [0.5, 0.6) is 0 Å². The predicted molar refractivity (Wildman–Crippen MR) is 75.5 cm³/mol. The number of hydrogen-bond donors (Lipinski definition) is 1. The van der Waals surface area contributed by atoms with Gasteiger partial charge >= 0.3 is 0 Å². The van der Waals surface area contributed by atoms with E-state index in [0.717, 1.165) is 18.0 Å². The molecule has 2 rings (SSSR count). The molecule has 0 aliphatic carbocycles. The summed E-state index contributed by atoms with van der Waals surface area (Å²) in [6.07, 6.45) is 0. The van der Waals surface area contributed by atoms with E-state index in [1.54, 1.807) is 0 Å². The number of likely N-dealkylation sites (N-methyl/N-ethyl adjacent to an activating group) is 1. The summed E-state index contributed by atoms with van der Waals surface area (Å²) in [5.41, 5.74) is 8.30. The molecule has 0 bridgehead atoms. The molecule has 0 saturated heterocycles. The predicted octanol–water partition coefficient (Wildman–Crippen LogP) is 2.50. The van der Waals surface area contributed by atoms with Gasteiger partial charge in [-0.25, -0.2) is 0 Å². The first-order valence-electron chi connectivity index (χ1n) is 6.51. The van der Waals surface area contributed by atoms with E-state index < -0.39 is 0 Å². The minimum absolute atomic E-state index is 0.0420. The summed E-state index contributed by atoms with van der Waals surface area (Å²) in [4.78, 5) is 2.21. The van der Waals surface area contributed by atoms with Crippen molar-refractivity contribution in [1.29, 1.82) is 0 Å². The molecule has 2 N–H and O–H groups in total. The van der Waals surface area contributed by atoms with Crippen LogP contribution in [0.2, 0.25) is 0 Å². The van der Waals surface area contributed by atoms with Crippen molar-refractivity contribution in [2.24, 2.45) is 5.73 Å². The van der Waals surface area contributed by atoms with Crippen molar-refractivity contribution in [1.82, 2.24) is 10.1 Å². The molecular formula is C15H21N3O. The van der Waals surface area contributed by atoms with E-state index in [9.17, 15) is 0 Å². The fraction of sp³-hybridized carbons (Fsp3) is 0.400. The lowest BCUT2D eigenvalue weighted by atomic mass is 9.99. The molecule has 1 aromatic heterocycles. The second-order valence-corrected chi connectivity index (χ2v) is 5.06. The largest absolute Gasteiger partial charge is 0.361 e. The molecule has 0 amide bonds. The number of nitrogens with zero attached hydrogens (tertiary/aromatic N) is 2. The van der Waals surface area contributed by atoms with E-state index in [1.165, 1.54) is 5.56 Å². The monoisotopic (exact) mass is 259 g/mol. The first-order valence-corrected chi connectivity index (χ1v) is 6.51. The van der Waals surface area contributed by atoms with Gasteiger partial charge in [-0.15, -0.1) is 0 Å². The van der Waals surface area contributed by atoms with Crippen molar-refractivity contribution >= 4 is 0 Å². The van der Waals surface area contributed by atoms with Crippen LogP contribution in [0.25, 0.3) is 0 Å². The fourth-order valence-corrected chi connectivity index (χ4v) is 2.46. The molecule has 0 aliphatic rings. The Balaban J connectivity index is 2.15. The maximum atomic E-state index is 6.14. The highest BCUT2D eigenvalue weighted by molar-refractivity contribution is 5.20. The van der Waals surface area contributed by atoms with Gasteiger partial charge in [0, 0.05) is 24.7 Å². The summed E-state index contributed by atoms with van der Waals surface area (Å²) in [5.74, 6) is 0.834. The van der Waals surface area contributed by atoms with E-state index in [4.69, 9.17) is 10.3 Å². The van der Waals surface area contributed by atoms with E-state index in [-0.39, 0.29) is 12.1 Å². The molecule has 2 atom stereocenters. The first kappa shape index (κ1) is 13.8. The highest BCUT2D eigenvalue weighted by Gasteiger charge is 2.21. The van der Waals surface area contributed by atoms with Crippen LogP contribution in [0.4, 0.5) is 0 Å². The SMILES string of the molecule is Cc1cc(CN(C)C(c2ccccc2)C(C)N)no1. The molecule has 19 heavy (non-hydrogen) atoms. The maximum Gasteiger partial charge on any atom is 0.133 e. The number of benzene rings is 1. The molecule has 0 spiro atoms. The molecule has 1 heterocycles. The summed E-state index contributed by atoms with van der Waals surface area (Å²) in [6.45, 7) is 4.65. The normalized spacial score (nSPS) is 14.6. The van der Waals surface area contributed by atoms with Gasteiger partial charge in [-0.3, -0.25) is 4.90 Å². The van der Waals surface area contributed by atoms with Crippen LogP contribution in [0.3, 0.4) is 0 Å². The lowest BCUT2D eigenvalue weighted by Crippen LogP contribution is -2.37. The molecule has 102 valence electrons. The lowest BCUT2D eigenvalue weighted by molar-refractivity contribution is 0.205. The maximum absolute atomic E-state index is 6.14. The minimum Gasteiger partial charge on any atom is -0.361 e. The highest BCUT2D eigenvalue weighted by Crippen LogP contribution is 2.23. The summed E-state index contributed by atoms with van der Waals surface area (Å²) < 4.78 is 5.10. The van der Waals surface area contributed by atoms with E-state index in [0.29, 0.717) is 0 Å². The minimum atomic E-state index is 0.0420. The summed E-state index contributed by atoms with van der Waals surface area (Å²) in [7, 11) is 2.06. The zero-order valence-corrected chi connectivity index (χ0v) is 11.7. The standard InChI is InChI=1S/C15H21N3O/c1-11-9-14(17-19-11)10-18(3)15(12(2)16)13-7-5-4-6-8-13/h4-9,12,15H,10,16H2,1-3H3. The molecule has 1 aromatic carbocycles. The Labute approximate surface area is 114 Å². The fourth-order valence-electron chi connectivity index (χ4n) is 2.46. The zero-order chi connectivity index (χ0) is 13.8. The van der Waals surface area contributed by atoms with E-state index >= 15 is 0 Å². The quantitative estimate of drug-likeness (QED) is 0.896. The van der Waals surface area contributed by atoms with Crippen molar-refractivity contribution in [3.8, 4) is 0 Å². The molecular weight excluding hydrogens is 238 g/mol. The van der Waals surface area contributed by atoms with Crippen LogP contribution in [0, 0.1) is 6.92 Å². The van der Waals surface area contributed by atoms with Gasteiger partial charge < -0.3 is 10.3 Å². The van der Waals surface area contributed by atoms with Crippen molar-refractivity contribution in [3.05, 3.63) is 53.4 Å². The van der Waals surface area contributed by atoms with Gasteiger partial charge in [0.2, 0.25) is 0 Å². The molecule has 4 heteroatoms. The van der Waals surface area contributed by atoms with E-state index in [1.807, 2.05) is 38.1 Å². The summed E-state index contributed by atoms with van der Waals surface area (Å²) in [5, 5.41) is 4.03. The summed E-state index contributed by atoms with van der Waals surface area (Å²) >= 11 is 0. The van der Waals surface area contributed by atoms with Gasteiger partial charge in [-0.1, -0.05) is 35.5 Å². The first-order chi connectivity index (χ1) is 9.08. The Morgan fingerprint density at radius 2 is 2.00 bits per heavy atom. The van der Waals surface area contributed by atoms with Crippen molar-refractivity contribution in [2.75, 3.05) is 7.05 Å². The van der Waals surface area contributed by atoms with Crippen molar-refractivity contribution in [3.63, 3.8) is 0 Å². The zero-order valence-electron chi connectivity index (χ0n) is 11.7. The highest BCUT2D eigenvalue weighted by atomic mass is 16.5. The van der Waals surface area contributed by atoms with Gasteiger partial charge in [0.25, 0.3) is 0 Å². The molecule has 2 unspecified atom stereocenters. The van der Waals surface area contributed by atoms with Crippen LogP contribution in [0.15, 0.2) is 40.9 Å². The second kappa shape index (κ2) is 5.99. The molecule has 2 aromatic rings. The number of hydrogen-bond acceptors (Lipinski definition) is 4. The number of aromatic nitrogens is 1. The lowest BCUT2D eigenvalue weighted by Gasteiger charge is -2.30. The van der Waals surface area contributed by atoms with E-state index in [2.05, 4.69) is 29.2 Å². The molecule has 0 saturated carbocycles. The molecule has 0 aliphatic heterocycles. The Morgan fingerprint density at radius 1 is 1.32 bits per heavy atom. The molecule has 0 fully saturated rings. The van der Waals surface area contributed by atoms with Crippen LogP contribution in [-0.4, -0.2) is 23.1 Å². The van der Waals surface area contributed by atoms with Crippen molar-refractivity contribution in [2.45, 2.75) is 32.5 Å². The number of aryl methyl sites for hydroxylation is 1. The Bertz CT molecular complexity index is 507. The average molecular weight is 259 g/mol. The van der Waals surface area contributed by atoms with Gasteiger partial charge in [-0.2, -0.15) is 0 Å².